The van der Waals surface area contributed by atoms with Gasteiger partial charge in [0.25, 0.3) is 0 Å². The van der Waals surface area contributed by atoms with E-state index in [0.29, 0.717) is 29.4 Å². The smallest absolute Gasteiger partial charge is 0.318 e. The van der Waals surface area contributed by atoms with Crippen molar-refractivity contribution in [2.45, 2.75) is 33.4 Å². The fourth-order valence-corrected chi connectivity index (χ4v) is 2.39. The van der Waals surface area contributed by atoms with Crippen LogP contribution in [0.15, 0.2) is 39.3 Å². The number of hydrogen-bond donors (Lipinski definition) is 1. The first-order valence-corrected chi connectivity index (χ1v) is 8.69. The highest BCUT2D eigenvalue weighted by Gasteiger charge is 2.15. The summed E-state index contributed by atoms with van der Waals surface area (Å²) < 4.78 is 10.7. The average Bonchev–Trinajstić information content (AvgIpc) is 3.29. The Morgan fingerprint density at radius 1 is 1.19 bits per heavy atom. The molecule has 0 saturated heterocycles. The van der Waals surface area contributed by atoms with Crippen LogP contribution in [0, 0.1) is 5.92 Å². The van der Waals surface area contributed by atoms with Gasteiger partial charge in [-0.15, -0.1) is 10.2 Å². The average molecular weight is 370 g/mol. The van der Waals surface area contributed by atoms with E-state index < -0.39 is 0 Å². The van der Waals surface area contributed by atoms with Gasteiger partial charge in [0.05, 0.1) is 6.54 Å². The lowest BCUT2D eigenvalue weighted by Gasteiger charge is -2.14. The summed E-state index contributed by atoms with van der Waals surface area (Å²) in [6.07, 6.45) is 0.734. The first kappa shape index (κ1) is 18.6. The molecule has 3 aromatic rings. The SMILES string of the molecule is CC(C)Cc1noc(CNC(=O)N(C)Cc2nnc(-c3ccccc3)o2)n1. The standard InChI is InChI=1S/C18H22N6O3/c1-12(2)9-14-20-15(27-23-14)10-19-18(25)24(3)11-16-21-22-17(26-16)13-7-5-4-6-8-13/h4-8,12H,9-11H2,1-3H3,(H,19,25). The summed E-state index contributed by atoms with van der Waals surface area (Å²) >= 11 is 0. The lowest BCUT2D eigenvalue weighted by molar-refractivity contribution is 0.200. The summed E-state index contributed by atoms with van der Waals surface area (Å²) in [5.41, 5.74) is 0.831. The van der Waals surface area contributed by atoms with Gasteiger partial charge >= 0.3 is 6.03 Å². The number of nitrogens with one attached hydrogen (secondary N) is 1. The van der Waals surface area contributed by atoms with Gasteiger partial charge in [0.15, 0.2) is 5.82 Å². The third kappa shape index (κ3) is 5.13. The van der Waals surface area contributed by atoms with Crippen LogP contribution in [0.5, 0.6) is 0 Å². The van der Waals surface area contributed by atoms with Crippen LogP contribution in [0.2, 0.25) is 0 Å². The van der Waals surface area contributed by atoms with Crippen LogP contribution in [0.1, 0.15) is 31.5 Å². The maximum absolute atomic E-state index is 12.2. The van der Waals surface area contributed by atoms with Crippen LogP contribution in [0.4, 0.5) is 4.79 Å². The van der Waals surface area contributed by atoms with Crippen molar-refractivity contribution in [2.75, 3.05) is 7.05 Å². The Hall–Kier alpha value is -3.23. The molecule has 27 heavy (non-hydrogen) atoms. The molecule has 0 fully saturated rings. The molecule has 2 aromatic heterocycles. The van der Waals surface area contributed by atoms with Crippen LogP contribution < -0.4 is 5.32 Å². The maximum atomic E-state index is 12.2. The molecule has 0 saturated carbocycles. The van der Waals surface area contributed by atoms with Crippen LogP contribution in [0.25, 0.3) is 11.5 Å². The highest BCUT2D eigenvalue weighted by Crippen LogP contribution is 2.17. The summed E-state index contributed by atoms with van der Waals surface area (Å²) in [6, 6.07) is 9.15. The highest BCUT2D eigenvalue weighted by atomic mass is 16.5. The van der Waals surface area contributed by atoms with E-state index in [1.807, 2.05) is 30.3 Å². The Morgan fingerprint density at radius 3 is 2.70 bits per heavy atom. The summed E-state index contributed by atoms with van der Waals surface area (Å²) in [4.78, 5) is 17.9. The first-order valence-electron chi connectivity index (χ1n) is 8.69. The zero-order chi connectivity index (χ0) is 19.2. The number of rotatable bonds is 7. The van der Waals surface area contributed by atoms with Crippen molar-refractivity contribution in [3.63, 3.8) is 0 Å². The topological polar surface area (TPSA) is 110 Å². The predicted molar refractivity (Wildman–Crippen MR) is 96.3 cm³/mol. The molecule has 1 aromatic carbocycles. The van der Waals surface area contributed by atoms with E-state index in [1.54, 1.807) is 7.05 Å². The zero-order valence-corrected chi connectivity index (χ0v) is 15.5. The van der Waals surface area contributed by atoms with Crippen molar-refractivity contribution in [1.29, 1.82) is 0 Å². The van der Waals surface area contributed by atoms with Gasteiger partial charge in [0.2, 0.25) is 17.7 Å². The number of nitrogens with zero attached hydrogens (tertiary/aromatic N) is 5. The van der Waals surface area contributed by atoms with E-state index in [-0.39, 0.29) is 19.1 Å². The van der Waals surface area contributed by atoms with Crippen molar-refractivity contribution < 1.29 is 13.7 Å². The lowest BCUT2D eigenvalue weighted by atomic mass is 10.1. The molecule has 0 aliphatic heterocycles. The molecule has 9 heteroatoms. The van der Waals surface area contributed by atoms with Gasteiger partial charge in [0.1, 0.15) is 6.54 Å². The van der Waals surface area contributed by atoms with Crippen molar-refractivity contribution in [1.82, 2.24) is 30.6 Å². The molecule has 2 heterocycles. The number of benzene rings is 1. The van der Waals surface area contributed by atoms with Gasteiger partial charge in [-0.25, -0.2) is 4.79 Å². The molecule has 0 spiro atoms. The molecule has 0 radical (unpaired) electrons. The van der Waals surface area contributed by atoms with Gasteiger partial charge in [-0.05, 0) is 18.1 Å². The minimum atomic E-state index is -0.307. The van der Waals surface area contributed by atoms with Crippen molar-refractivity contribution in [3.8, 4) is 11.5 Å². The Labute approximate surface area is 156 Å². The Kier molecular flexibility index (Phi) is 5.80. The van der Waals surface area contributed by atoms with Gasteiger partial charge in [-0.2, -0.15) is 4.98 Å². The van der Waals surface area contributed by atoms with E-state index in [4.69, 9.17) is 8.94 Å². The monoisotopic (exact) mass is 370 g/mol. The number of amides is 2. The molecule has 0 atom stereocenters. The minimum absolute atomic E-state index is 0.160. The van der Waals surface area contributed by atoms with E-state index in [0.717, 1.165) is 12.0 Å². The molecule has 0 aliphatic rings. The van der Waals surface area contributed by atoms with Gasteiger partial charge < -0.3 is 19.2 Å². The van der Waals surface area contributed by atoms with E-state index in [1.165, 1.54) is 4.90 Å². The van der Waals surface area contributed by atoms with E-state index in [2.05, 4.69) is 39.5 Å². The van der Waals surface area contributed by atoms with Crippen LogP contribution in [0.3, 0.4) is 0 Å². The molecule has 1 N–H and O–H groups in total. The fourth-order valence-electron chi connectivity index (χ4n) is 2.39. The molecule has 0 aliphatic carbocycles. The summed E-state index contributed by atoms with van der Waals surface area (Å²) in [7, 11) is 1.64. The Morgan fingerprint density at radius 2 is 1.96 bits per heavy atom. The normalized spacial score (nSPS) is 11.0. The number of urea groups is 1. The molecule has 0 unspecified atom stereocenters. The summed E-state index contributed by atoms with van der Waals surface area (Å²) in [5.74, 6) is 2.22. The number of aromatic nitrogens is 4. The molecule has 142 valence electrons. The quantitative estimate of drug-likeness (QED) is 0.680. The van der Waals surface area contributed by atoms with Gasteiger partial charge in [-0.3, -0.25) is 0 Å². The maximum Gasteiger partial charge on any atom is 0.318 e. The number of carbonyl (C=O) groups excluding carboxylic acids is 1. The van der Waals surface area contributed by atoms with Gasteiger partial charge in [-0.1, -0.05) is 37.2 Å². The fraction of sp³-hybridized carbons (Fsp3) is 0.389. The molecule has 9 nitrogen and oxygen atoms in total. The molecule has 0 bridgehead atoms. The molecular formula is C18H22N6O3. The lowest BCUT2D eigenvalue weighted by Crippen LogP contribution is -2.36. The second kappa shape index (κ2) is 8.43. The van der Waals surface area contributed by atoms with Crippen molar-refractivity contribution >= 4 is 6.03 Å². The first-order chi connectivity index (χ1) is 13.0. The molecule has 2 amide bonds. The van der Waals surface area contributed by atoms with E-state index >= 15 is 0 Å². The Bertz CT molecular complexity index is 874. The second-order valence-corrected chi connectivity index (χ2v) is 6.58. The highest BCUT2D eigenvalue weighted by molar-refractivity contribution is 5.73. The predicted octanol–water partition coefficient (Wildman–Crippen LogP) is 2.66. The van der Waals surface area contributed by atoms with Crippen LogP contribution in [-0.4, -0.2) is 38.3 Å². The largest absolute Gasteiger partial charge is 0.419 e. The number of carbonyl (C=O) groups is 1. The number of hydrogen-bond acceptors (Lipinski definition) is 7. The third-order valence-electron chi connectivity index (χ3n) is 3.70. The van der Waals surface area contributed by atoms with Crippen molar-refractivity contribution in [3.05, 3.63) is 47.9 Å². The van der Waals surface area contributed by atoms with Crippen LogP contribution >= 0.6 is 0 Å². The van der Waals surface area contributed by atoms with Gasteiger partial charge in [0, 0.05) is 19.0 Å². The summed E-state index contributed by atoms with van der Waals surface area (Å²) in [5, 5.41) is 14.6. The van der Waals surface area contributed by atoms with Crippen molar-refractivity contribution in [2.24, 2.45) is 5.92 Å². The zero-order valence-electron chi connectivity index (χ0n) is 15.5. The minimum Gasteiger partial charge on any atom is -0.419 e. The van der Waals surface area contributed by atoms with Crippen LogP contribution in [-0.2, 0) is 19.5 Å². The molecular weight excluding hydrogens is 348 g/mol. The summed E-state index contributed by atoms with van der Waals surface area (Å²) in [6.45, 7) is 4.50. The second-order valence-electron chi connectivity index (χ2n) is 6.58. The Balaban J connectivity index is 1.51. The third-order valence-corrected chi connectivity index (χ3v) is 3.70. The van der Waals surface area contributed by atoms with E-state index in [9.17, 15) is 4.79 Å². The molecule has 3 rings (SSSR count).